The van der Waals surface area contributed by atoms with E-state index in [9.17, 15) is 0 Å². The van der Waals surface area contributed by atoms with Gasteiger partial charge in [0.1, 0.15) is 0 Å². The van der Waals surface area contributed by atoms with Crippen molar-refractivity contribution in [2.75, 3.05) is 6.54 Å². The predicted octanol–water partition coefficient (Wildman–Crippen LogP) is 2.93. The summed E-state index contributed by atoms with van der Waals surface area (Å²) in [6.07, 6.45) is 2.52. The molecule has 0 aromatic heterocycles. The van der Waals surface area contributed by atoms with Gasteiger partial charge in [0.15, 0.2) is 0 Å². The average molecular weight is 214 g/mol. The fourth-order valence-corrected chi connectivity index (χ4v) is 2.43. The van der Waals surface area contributed by atoms with Crippen molar-refractivity contribution < 1.29 is 0 Å². The third-order valence-electron chi connectivity index (χ3n) is 3.57. The van der Waals surface area contributed by atoms with Crippen LogP contribution >= 0.6 is 0 Å². The van der Waals surface area contributed by atoms with Crippen molar-refractivity contribution >= 4 is 0 Å². The van der Waals surface area contributed by atoms with Gasteiger partial charge in [0.05, 0.1) is 11.6 Å². The van der Waals surface area contributed by atoms with E-state index in [-0.39, 0.29) is 5.54 Å². The molecule has 0 aliphatic carbocycles. The highest BCUT2D eigenvalue weighted by atomic mass is 15.2. The lowest BCUT2D eigenvalue weighted by Crippen LogP contribution is -2.37. The first kappa shape index (κ1) is 11.2. The van der Waals surface area contributed by atoms with E-state index in [0.717, 1.165) is 24.2 Å². The summed E-state index contributed by atoms with van der Waals surface area (Å²) in [6.45, 7) is 6.62. The van der Waals surface area contributed by atoms with Crippen LogP contribution in [0.15, 0.2) is 24.3 Å². The molecule has 0 unspecified atom stereocenters. The van der Waals surface area contributed by atoms with Gasteiger partial charge in [-0.1, -0.05) is 18.2 Å². The number of likely N-dealkylation sites (tertiary alicyclic amines) is 1. The van der Waals surface area contributed by atoms with Crippen molar-refractivity contribution in [1.82, 2.24) is 4.90 Å². The highest BCUT2D eigenvalue weighted by Gasteiger charge is 2.31. The van der Waals surface area contributed by atoms with Gasteiger partial charge < -0.3 is 0 Å². The molecular weight excluding hydrogens is 196 g/mol. The van der Waals surface area contributed by atoms with Crippen molar-refractivity contribution in [3.8, 4) is 6.07 Å². The predicted molar refractivity (Wildman–Crippen MR) is 64.9 cm³/mol. The van der Waals surface area contributed by atoms with Crippen LogP contribution in [0.1, 0.15) is 37.8 Å². The number of benzene rings is 1. The topological polar surface area (TPSA) is 27.0 Å². The average Bonchev–Trinajstić information content (AvgIpc) is 2.59. The first-order chi connectivity index (χ1) is 7.63. The molecule has 0 bridgehead atoms. The smallest absolute Gasteiger partial charge is 0.0995 e. The molecule has 1 aromatic carbocycles. The highest BCUT2D eigenvalue weighted by Crippen LogP contribution is 2.30. The van der Waals surface area contributed by atoms with Gasteiger partial charge in [-0.15, -0.1) is 0 Å². The van der Waals surface area contributed by atoms with Crippen LogP contribution < -0.4 is 0 Å². The quantitative estimate of drug-likeness (QED) is 0.757. The maximum Gasteiger partial charge on any atom is 0.0995 e. The van der Waals surface area contributed by atoms with Crippen molar-refractivity contribution in [2.45, 2.75) is 38.8 Å². The first-order valence-corrected chi connectivity index (χ1v) is 5.86. The van der Waals surface area contributed by atoms with E-state index in [1.54, 1.807) is 0 Å². The molecule has 0 amide bonds. The minimum Gasteiger partial charge on any atom is -0.294 e. The van der Waals surface area contributed by atoms with Gasteiger partial charge >= 0.3 is 0 Å². The fourth-order valence-electron chi connectivity index (χ4n) is 2.43. The molecule has 16 heavy (non-hydrogen) atoms. The molecular formula is C14H18N2. The van der Waals surface area contributed by atoms with Crippen molar-refractivity contribution in [1.29, 1.82) is 5.26 Å². The van der Waals surface area contributed by atoms with Crippen LogP contribution in [0.5, 0.6) is 0 Å². The number of rotatable bonds is 2. The fraction of sp³-hybridized carbons (Fsp3) is 0.500. The summed E-state index contributed by atoms with van der Waals surface area (Å²) in [4.78, 5) is 2.48. The van der Waals surface area contributed by atoms with Crippen LogP contribution in [0.25, 0.3) is 0 Å². The van der Waals surface area contributed by atoms with Crippen LogP contribution in [0, 0.1) is 11.3 Å². The molecule has 84 valence electrons. The Morgan fingerprint density at radius 3 is 2.75 bits per heavy atom. The largest absolute Gasteiger partial charge is 0.294 e. The minimum atomic E-state index is 0.280. The molecule has 1 heterocycles. The number of nitrogens with zero attached hydrogens (tertiary/aromatic N) is 2. The zero-order valence-corrected chi connectivity index (χ0v) is 10.0. The Labute approximate surface area is 97.5 Å². The van der Waals surface area contributed by atoms with Gasteiger partial charge in [-0.2, -0.15) is 5.26 Å². The van der Waals surface area contributed by atoms with Gasteiger partial charge in [0.2, 0.25) is 0 Å². The van der Waals surface area contributed by atoms with Crippen LogP contribution in [-0.4, -0.2) is 17.0 Å². The van der Waals surface area contributed by atoms with Gasteiger partial charge in [-0.3, -0.25) is 4.90 Å². The molecule has 0 saturated carbocycles. The van der Waals surface area contributed by atoms with Crippen molar-refractivity contribution in [3.63, 3.8) is 0 Å². The Morgan fingerprint density at radius 2 is 2.12 bits per heavy atom. The zero-order valence-electron chi connectivity index (χ0n) is 10.0. The SMILES string of the molecule is CC1(C)CCCN1Cc1ccccc1C#N. The Kier molecular flexibility index (Phi) is 2.98. The van der Waals surface area contributed by atoms with E-state index in [1.165, 1.54) is 12.8 Å². The third-order valence-corrected chi connectivity index (χ3v) is 3.57. The van der Waals surface area contributed by atoms with Crippen LogP contribution in [0.3, 0.4) is 0 Å². The van der Waals surface area contributed by atoms with E-state index in [4.69, 9.17) is 5.26 Å². The van der Waals surface area contributed by atoms with Crippen LogP contribution in [-0.2, 0) is 6.54 Å². The monoisotopic (exact) mass is 214 g/mol. The van der Waals surface area contributed by atoms with Gasteiger partial charge in [0.25, 0.3) is 0 Å². The molecule has 0 atom stereocenters. The molecule has 2 heteroatoms. The molecule has 1 aliphatic rings. The molecule has 1 saturated heterocycles. The summed E-state index contributed by atoms with van der Waals surface area (Å²) >= 11 is 0. The van der Waals surface area contributed by atoms with Crippen LogP contribution in [0.4, 0.5) is 0 Å². The lowest BCUT2D eigenvalue weighted by atomic mass is 10.0. The lowest BCUT2D eigenvalue weighted by Gasteiger charge is -2.31. The van der Waals surface area contributed by atoms with E-state index in [2.05, 4.69) is 30.9 Å². The van der Waals surface area contributed by atoms with Gasteiger partial charge in [0, 0.05) is 12.1 Å². The molecule has 0 spiro atoms. The summed E-state index contributed by atoms with van der Waals surface area (Å²) in [5.74, 6) is 0. The molecule has 1 aromatic rings. The van der Waals surface area contributed by atoms with E-state index < -0.39 is 0 Å². The van der Waals surface area contributed by atoms with E-state index in [1.807, 2.05) is 18.2 Å². The Hall–Kier alpha value is -1.33. The normalized spacial score (nSPS) is 19.6. The Bertz CT molecular complexity index is 415. The summed E-state index contributed by atoms with van der Waals surface area (Å²) in [5.41, 5.74) is 2.24. The standard InChI is InChI=1S/C14H18N2/c1-14(2)8-5-9-16(14)11-13-7-4-3-6-12(13)10-15/h3-4,6-7H,5,8-9,11H2,1-2H3. The van der Waals surface area contributed by atoms with E-state index >= 15 is 0 Å². The second kappa shape index (κ2) is 4.27. The number of nitriles is 1. The lowest BCUT2D eigenvalue weighted by molar-refractivity contribution is 0.166. The summed E-state index contributed by atoms with van der Waals surface area (Å²) in [6, 6.07) is 10.2. The minimum absolute atomic E-state index is 0.280. The molecule has 1 aliphatic heterocycles. The highest BCUT2D eigenvalue weighted by molar-refractivity contribution is 5.37. The molecule has 1 fully saturated rings. The third kappa shape index (κ3) is 2.10. The maximum absolute atomic E-state index is 9.05. The summed E-state index contributed by atoms with van der Waals surface area (Å²) in [7, 11) is 0. The maximum atomic E-state index is 9.05. The van der Waals surface area contributed by atoms with E-state index in [0.29, 0.717) is 0 Å². The molecule has 0 N–H and O–H groups in total. The number of hydrogen-bond acceptors (Lipinski definition) is 2. The van der Waals surface area contributed by atoms with Crippen LogP contribution in [0.2, 0.25) is 0 Å². The molecule has 2 nitrogen and oxygen atoms in total. The number of hydrogen-bond donors (Lipinski definition) is 0. The Morgan fingerprint density at radius 1 is 1.38 bits per heavy atom. The van der Waals surface area contributed by atoms with Crippen molar-refractivity contribution in [2.24, 2.45) is 0 Å². The molecule has 0 radical (unpaired) electrons. The van der Waals surface area contributed by atoms with Gasteiger partial charge in [-0.05, 0) is 44.9 Å². The zero-order chi connectivity index (χ0) is 11.6. The van der Waals surface area contributed by atoms with Crippen molar-refractivity contribution in [3.05, 3.63) is 35.4 Å². The summed E-state index contributed by atoms with van der Waals surface area (Å²) < 4.78 is 0. The second-order valence-electron chi connectivity index (χ2n) is 5.11. The Balaban J connectivity index is 2.18. The second-order valence-corrected chi connectivity index (χ2v) is 5.11. The molecule has 2 rings (SSSR count). The first-order valence-electron chi connectivity index (χ1n) is 5.86. The van der Waals surface area contributed by atoms with Gasteiger partial charge in [-0.25, -0.2) is 0 Å². The summed E-state index contributed by atoms with van der Waals surface area (Å²) in [5, 5.41) is 9.05.